The molecule has 0 bridgehead atoms. The van der Waals surface area contributed by atoms with E-state index in [-0.39, 0.29) is 5.82 Å². The second-order valence-corrected chi connectivity index (χ2v) is 6.20. The van der Waals surface area contributed by atoms with Crippen LogP contribution < -0.4 is 5.32 Å². The van der Waals surface area contributed by atoms with E-state index in [0.29, 0.717) is 19.5 Å². The smallest absolute Gasteiger partial charge is 0.303 e. The topological polar surface area (TPSA) is 99.0 Å². The summed E-state index contributed by atoms with van der Waals surface area (Å²) in [6.45, 7) is 2.01. The number of esters is 1. The quantitative estimate of drug-likeness (QED) is 0.598. The zero-order valence-electron chi connectivity index (χ0n) is 15.5. The molecule has 2 aromatic carbocycles. The Morgan fingerprint density at radius 1 is 1.04 bits per heavy atom. The third-order valence-corrected chi connectivity index (χ3v) is 4.05. The van der Waals surface area contributed by atoms with Crippen molar-refractivity contribution in [2.24, 2.45) is 0 Å². The van der Waals surface area contributed by atoms with Crippen LogP contribution in [0.5, 0.6) is 0 Å². The van der Waals surface area contributed by atoms with Crippen molar-refractivity contribution >= 4 is 11.9 Å². The number of nitrogens with zero attached hydrogens (tertiary/aromatic N) is 4. The molecule has 3 rings (SSSR count). The van der Waals surface area contributed by atoms with E-state index in [4.69, 9.17) is 4.74 Å². The Morgan fingerprint density at radius 3 is 2.32 bits per heavy atom. The number of hydrogen-bond acceptors (Lipinski definition) is 6. The lowest BCUT2D eigenvalue weighted by atomic mass is 10.1. The first-order valence-corrected chi connectivity index (χ1v) is 8.92. The minimum atomic E-state index is -1.22. The lowest BCUT2D eigenvalue weighted by Crippen LogP contribution is -2.34. The highest BCUT2D eigenvalue weighted by Gasteiger charge is 2.29. The number of tetrazole rings is 1. The summed E-state index contributed by atoms with van der Waals surface area (Å²) in [5.41, 5.74) is 2.06. The maximum absolute atomic E-state index is 12.7. The van der Waals surface area contributed by atoms with Gasteiger partial charge in [-0.1, -0.05) is 60.7 Å². The van der Waals surface area contributed by atoms with Gasteiger partial charge in [-0.2, -0.15) is 0 Å². The predicted octanol–water partition coefficient (Wildman–Crippen LogP) is 1.68. The molecule has 1 N–H and O–H groups in total. The van der Waals surface area contributed by atoms with Crippen molar-refractivity contribution in [2.45, 2.75) is 26.0 Å². The monoisotopic (exact) mass is 379 g/mol. The summed E-state index contributed by atoms with van der Waals surface area (Å²) in [5.74, 6) is -0.871. The van der Waals surface area contributed by atoms with Crippen LogP contribution in [0.25, 0.3) is 0 Å². The van der Waals surface area contributed by atoms with Crippen molar-refractivity contribution in [2.75, 3.05) is 6.54 Å². The molecule has 0 fully saturated rings. The molecular formula is C20H21N5O3. The van der Waals surface area contributed by atoms with E-state index in [1.54, 1.807) is 0 Å². The van der Waals surface area contributed by atoms with Crippen LogP contribution in [0, 0.1) is 0 Å². The molecule has 1 unspecified atom stereocenters. The highest BCUT2D eigenvalue weighted by molar-refractivity contribution is 5.83. The van der Waals surface area contributed by atoms with E-state index in [1.807, 2.05) is 60.7 Å². The van der Waals surface area contributed by atoms with Crippen LogP contribution in [-0.4, -0.2) is 38.6 Å². The molecule has 1 atom stereocenters. The first-order valence-electron chi connectivity index (χ1n) is 8.92. The molecule has 144 valence electrons. The zero-order chi connectivity index (χ0) is 19.8. The molecular weight excluding hydrogens is 358 g/mol. The van der Waals surface area contributed by atoms with Gasteiger partial charge in [0, 0.05) is 13.5 Å². The Bertz CT molecular complexity index is 912. The van der Waals surface area contributed by atoms with Gasteiger partial charge in [0.1, 0.15) is 0 Å². The largest absolute Gasteiger partial charge is 0.444 e. The van der Waals surface area contributed by atoms with Crippen molar-refractivity contribution in [1.82, 2.24) is 25.5 Å². The number of aromatic nitrogens is 4. The predicted molar refractivity (Wildman–Crippen MR) is 101 cm³/mol. The molecule has 0 aliphatic carbocycles. The van der Waals surface area contributed by atoms with Gasteiger partial charge < -0.3 is 10.1 Å². The van der Waals surface area contributed by atoms with Crippen LogP contribution in [0.1, 0.15) is 30.0 Å². The number of amides is 1. The fourth-order valence-electron chi connectivity index (χ4n) is 2.73. The molecule has 8 nitrogen and oxygen atoms in total. The van der Waals surface area contributed by atoms with Crippen molar-refractivity contribution in [3.63, 3.8) is 0 Å². The summed E-state index contributed by atoms with van der Waals surface area (Å²) in [6.07, 6.45) is -0.555. The number of benzene rings is 2. The van der Waals surface area contributed by atoms with Crippen molar-refractivity contribution in [3.05, 3.63) is 77.6 Å². The van der Waals surface area contributed by atoms with E-state index in [0.717, 1.165) is 11.1 Å². The maximum atomic E-state index is 12.7. The van der Waals surface area contributed by atoms with Crippen LogP contribution in [0.2, 0.25) is 0 Å². The Morgan fingerprint density at radius 2 is 1.68 bits per heavy atom. The second-order valence-electron chi connectivity index (χ2n) is 6.20. The molecule has 1 heterocycles. The van der Waals surface area contributed by atoms with Crippen LogP contribution >= 0.6 is 0 Å². The molecule has 0 spiro atoms. The molecule has 1 amide bonds. The molecule has 8 heteroatoms. The number of carbonyl (C=O) groups excluding carboxylic acids is 2. The Labute approximate surface area is 162 Å². The molecule has 28 heavy (non-hydrogen) atoms. The van der Waals surface area contributed by atoms with E-state index in [1.165, 1.54) is 11.6 Å². The van der Waals surface area contributed by atoms with Crippen molar-refractivity contribution in [1.29, 1.82) is 0 Å². The normalized spacial score (nSPS) is 11.6. The molecule has 0 radical (unpaired) electrons. The molecule has 0 aliphatic heterocycles. The maximum Gasteiger partial charge on any atom is 0.303 e. The first-order chi connectivity index (χ1) is 13.6. The minimum absolute atomic E-state index is 0.177. The van der Waals surface area contributed by atoms with Crippen LogP contribution in [0.4, 0.5) is 0 Å². The van der Waals surface area contributed by atoms with Gasteiger partial charge >= 0.3 is 5.97 Å². The zero-order valence-corrected chi connectivity index (χ0v) is 15.5. The van der Waals surface area contributed by atoms with Gasteiger partial charge in [-0.3, -0.25) is 9.59 Å². The van der Waals surface area contributed by atoms with E-state index >= 15 is 0 Å². The lowest BCUT2D eigenvalue weighted by Gasteiger charge is -2.16. The van der Waals surface area contributed by atoms with E-state index < -0.39 is 18.0 Å². The van der Waals surface area contributed by atoms with E-state index in [2.05, 4.69) is 20.8 Å². The number of ether oxygens (including phenoxy) is 1. The fraction of sp³-hybridized carbons (Fsp3) is 0.250. The van der Waals surface area contributed by atoms with Gasteiger partial charge in [-0.05, 0) is 28.0 Å². The summed E-state index contributed by atoms with van der Waals surface area (Å²) < 4.78 is 6.68. The Balaban J connectivity index is 1.70. The Kier molecular flexibility index (Phi) is 6.46. The van der Waals surface area contributed by atoms with Gasteiger partial charge in [0.15, 0.2) is 0 Å². The van der Waals surface area contributed by atoms with Gasteiger partial charge in [0.25, 0.3) is 5.91 Å². The van der Waals surface area contributed by atoms with Gasteiger partial charge in [-0.15, -0.1) is 5.10 Å². The summed E-state index contributed by atoms with van der Waals surface area (Å²) in [4.78, 5) is 24.2. The van der Waals surface area contributed by atoms with E-state index in [9.17, 15) is 9.59 Å². The second kappa shape index (κ2) is 9.40. The fourth-order valence-corrected chi connectivity index (χ4v) is 2.73. The molecule has 0 saturated heterocycles. The van der Waals surface area contributed by atoms with Crippen LogP contribution in [-0.2, 0) is 27.3 Å². The third kappa shape index (κ3) is 5.23. The number of rotatable bonds is 8. The Hall–Kier alpha value is -3.55. The molecule has 0 aliphatic rings. The number of hydrogen-bond donors (Lipinski definition) is 1. The van der Waals surface area contributed by atoms with Crippen molar-refractivity contribution < 1.29 is 14.3 Å². The summed E-state index contributed by atoms with van der Waals surface area (Å²) in [5, 5.41) is 14.3. The molecule has 0 saturated carbocycles. The third-order valence-electron chi connectivity index (χ3n) is 4.05. The van der Waals surface area contributed by atoms with Crippen LogP contribution in [0.3, 0.4) is 0 Å². The first kappa shape index (κ1) is 19.2. The highest BCUT2D eigenvalue weighted by Crippen LogP contribution is 2.16. The number of carbonyl (C=O) groups is 2. The number of nitrogens with one attached hydrogen (secondary N) is 1. The molecule has 1 aromatic heterocycles. The van der Waals surface area contributed by atoms with Crippen LogP contribution in [0.15, 0.2) is 60.7 Å². The minimum Gasteiger partial charge on any atom is -0.444 e. The standard InChI is InChI=1S/C20H21N5O3/c1-15(26)28-18(20(27)21-13-12-16-8-4-2-5-9-16)19-22-23-24-25(19)14-17-10-6-3-7-11-17/h2-11,18H,12-14H2,1H3,(H,21,27). The summed E-state index contributed by atoms with van der Waals surface area (Å²) in [6, 6.07) is 19.3. The van der Waals surface area contributed by atoms with Gasteiger partial charge in [0.2, 0.25) is 11.9 Å². The summed E-state index contributed by atoms with van der Waals surface area (Å²) in [7, 11) is 0. The van der Waals surface area contributed by atoms with Gasteiger partial charge in [-0.25, -0.2) is 4.68 Å². The van der Waals surface area contributed by atoms with Crippen molar-refractivity contribution in [3.8, 4) is 0 Å². The summed E-state index contributed by atoms with van der Waals surface area (Å²) >= 11 is 0. The lowest BCUT2D eigenvalue weighted by molar-refractivity contribution is -0.155. The SMILES string of the molecule is CC(=O)OC(C(=O)NCCc1ccccc1)c1nnnn1Cc1ccccc1. The highest BCUT2D eigenvalue weighted by atomic mass is 16.5. The average Bonchev–Trinajstić information content (AvgIpc) is 3.15. The average molecular weight is 379 g/mol. The molecule has 3 aromatic rings. The van der Waals surface area contributed by atoms with Gasteiger partial charge in [0.05, 0.1) is 6.54 Å².